The minimum absolute atomic E-state index is 0.332. The van der Waals surface area contributed by atoms with E-state index in [0.29, 0.717) is 5.41 Å². The highest BCUT2D eigenvalue weighted by molar-refractivity contribution is 5.22. The second-order valence-electron chi connectivity index (χ2n) is 9.90. The minimum atomic E-state index is 0.332. The fourth-order valence-electron chi connectivity index (χ4n) is 7.70. The highest BCUT2D eigenvalue weighted by atomic mass is 16.5. The van der Waals surface area contributed by atoms with E-state index in [-0.39, 0.29) is 0 Å². The van der Waals surface area contributed by atoms with Crippen LogP contribution in [0.4, 0.5) is 0 Å². The molecule has 140 valence electrons. The summed E-state index contributed by atoms with van der Waals surface area (Å²) in [5.41, 5.74) is 7.97. The van der Waals surface area contributed by atoms with E-state index in [1.807, 2.05) is 0 Å². The smallest absolute Gasteiger partial charge is 0.0594 e. The van der Waals surface area contributed by atoms with Crippen molar-refractivity contribution in [3.05, 3.63) is 11.8 Å². The molecule has 0 amide bonds. The minimum Gasteiger partial charge on any atom is -0.402 e. The molecule has 4 fully saturated rings. The van der Waals surface area contributed by atoms with Gasteiger partial charge >= 0.3 is 0 Å². The molecule has 3 heteroatoms. The lowest BCUT2D eigenvalue weighted by atomic mass is 9.50. The maximum Gasteiger partial charge on any atom is 0.0594 e. The molecule has 25 heavy (non-hydrogen) atoms. The van der Waals surface area contributed by atoms with Crippen molar-refractivity contribution < 1.29 is 4.74 Å². The standard InChI is InChI=1S/C22H36N2O/c1-22-9-8-18-17-5-3-16(24-10-12-25-13-11-24)14-15(17)2-4-19(18)20(22)6-7-21(22)23/h7,15-20H,2-6,8-14,23H2,1H3. The van der Waals surface area contributed by atoms with Crippen molar-refractivity contribution in [2.75, 3.05) is 26.3 Å². The van der Waals surface area contributed by atoms with Gasteiger partial charge in [0.25, 0.3) is 0 Å². The molecule has 1 saturated heterocycles. The second-order valence-corrected chi connectivity index (χ2v) is 9.90. The molecule has 7 unspecified atom stereocenters. The van der Waals surface area contributed by atoms with Gasteiger partial charge in [0.05, 0.1) is 13.2 Å². The summed E-state index contributed by atoms with van der Waals surface area (Å²) >= 11 is 0. The first-order valence-electron chi connectivity index (χ1n) is 10.9. The Morgan fingerprint density at radius 2 is 1.84 bits per heavy atom. The predicted molar refractivity (Wildman–Crippen MR) is 101 cm³/mol. The third-order valence-corrected chi connectivity index (χ3v) is 9.13. The van der Waals surface area contributed by atoms with Crippen LogP contribution in [-0.4, -0.2) is 37.2 Å². The molecule has 0 spiro atoms. The molecule has 3 saturated carbocycles. The number of morpholine rings is 1. The Kier molecular flexibility index (Phi) is 4.17. The lowest BCUT2D eigenvalue weighted by molar-refractivity contribution is -0.0655. The van der Waals surface area contributed by atoms with Crippen molar-refractivity contribution >= 4 is 0 Å². The van der Waals surface area contributed by atoms with Gasteiger partial charge in [0.2, 0.25) is 0 Å². The Morgan fingerprint density at radius 1 is 1.04 bits per heavy atom. The molecule has 2 N–H and O–H groups in total. The number of allylic oxidation sites excluding steroid dienone is 2. The summed E-state index contributed by atoms with van der Waals surface area (Å²) < 4.78 is 5.57. The van der Waals surface area contributed by atoms with Crippen LogP contribution in [0.3, 0.4) is 0 Å². The molecule has 0 bridgehead atoms. The number of fused-ring (bicyclic) bond motifs is 5. The van der Waals surface area contributed by atoms with Crippen LogP contribution in [0, 0.1) is 35.0 Å². The number of hydrogen-bond donors (Lipinski definition) is 1. The summed E-state index contributed by atoms with van der Waals surface area (Å²) in [7, 11) is 0. The Bertz CT molecular complexity index is 540. The molecular formula is C22H36N2O. The zero-order chi connectivity index (χ0) is 17.0. The highest BCUT2D eigenvalue weighted by Crippen LogP contribution is 2.61. The number of ether oxygens (including phenoxy) is 1. The number of rotatable bonds is 1. The zero-order valence-corrected chi connectivity index (χ0v) is 16.0. The lowest BCUT2D eigenvalue weighted by Crippen LogP contribution is -2.52. The largest absolute Gasteiger partial charge is 0.402 e. The van der Waals surface area contributed by atoms with Gasteiger partial charge in [0.15, 0.2) is 0 Å². The molecule has 0 aromatic rings. The van der Waals surface area contributed by atoms with Crippen molar-refractivity contribution in [2.24, 2.45) is 40.7 Å². The van der Waals surface area contributed by atoms with E-state index >= 15 is 0 Å². The average Bonchev–Trinajstić information content (AvgIpc) is 2.97. The van der Waals surface area contributed by atoms with Crippen molar-refractivity contribution in [1.29, 1.82) is 0 Å². The summed E-state index contributed by atoms with van der Waals surface area (Å²) in [5, 5.41) is 0. The topological polar surface area (TPSA) is 38.5 Å². The number of nitrogens with zero attached hydrogens (tertiary/aromatic N) is 1. The molecule has 1 aliphatic heterocycles. The maximum absolute atomic E-state index is 6.42. The van der Waals surface area contributed by atoms with Crippen molar-refractivity contribution in [2.45, 2.75) is 64.3 Å². The van der Waals surface area contributed by atoms with Gasteiger partial charge in [-0.3, -0.25) is 4.90 Å². The van der Waals surface area contributed by atoms with Crippen LogP contribution >= 0.6 is 0 Å². The quantitative estimate of drug-likeness (QED) is 0.786. The van der Waals surface area contributed by atoms with Crippen LogP contribution in [0.2, 0.25) is 0 Å². The number of hydrogen-bond acceptors (Lipinski definition) is 3. The maximum atomic E-state index is 6.42. The predicted octanol–water partition coefficient (Wildman–Crippen LogP) is 3.79. The summed E-state index contributed by atoms with van der Waals surface area (Å²) in [6, 6.07) is 0.847. The SMILES string of the molecule is CC12CCC3C4CCC(N5CCOCC5)CC4CCC3C1CC=C2N. The molecule has 1 heterocycles. The highest BCUT2D eigenvalue weighted by Gasteiger charge is 2.54. The summed E-state index contributed by atoms with van der Waals surface area (Å²) in [6.45, 7) is 6.70. The van der Waals surface area contributed by atoms with E-state index in [1.54, 1.807) is 0 Å². The van der Waals surface area contributed by atoms with Gasteiger partial charge in [-0.05, 0) is 81.0 Å². The van der Waals surface area contributed by atoms with Gasteiger partial charge < -0.3 is 10.5 Å². The molecule has 7 atom stereocenters. The van der Waals surface area contributed by atoms with E-state index in [9.17, 15) is 0 Å². The second kappa shape index (κ2) is 6.27. The van der Waals surface area contributed by atoms with Crippen molar-refractivity contribution in [3.63, 3.8) is 0 Å². The Balaban J connectivity index is 1.28. The lowest BCUT2D eigenvalue weighted by Gasteiger charge is -2.56. The van der Waals surface area contributed by atoms with Crippen LogP contribution in [0.25, 0.3) is 0 Å². The van der Waals surface area contributed by atoms with Gasteiger partial charge in [-0.25, -0.2) is 0 Å². The molecule has 4 aliphatic carbocycles. The van der Waals surface area contributed by atoms with Crippen LogP contribution < -0.4 is 5.73 Å². The molecule has 5 rings (SSSR count). The summed E-state index contributed by atoms with van der Waals surface area (Å²) in [5.74, 6) is 4.82. The van der Waals surface area contributed by atoms with Gasteiger partial charge in [0.1, 0.15) is 0 Å². The fourth-order valence-corrected chi connectivity index (χ4v) is 7.70. The average molecular weight is 345 g/mol. The number of nitrogens with two attached hydrogens (primary N) is 1. The first-order chi connectivity index (χ1) is 12.2. The van der Waals surface area contributed by atoms with Crippen molar-refractivity contribution in [1.82, 2.24) is 4.90 Å². The summed E-state index contributed by atoms with van der Waals surface area (Å²) in [4.78, 5) is 2.74. The molecular weight excluding hydrogens is 308 g/mol. The van der Waals surface area contributed by atoms with Crippen LogP contribution in [0.15, 0.2) is 11.8 Å². The first-order valence-corrected chi connectivity index (χ1v) is 10.9. The Labute approximate surface area is 153 Å². The van der Waals surface area contributed by atoms with E-state index in [2.05, 4.69) is 17.9 Å². The monoisotopic (exact) mass is 344 g/mol. The third kappa shape index (κ3) is 2.60. The zero-order valence-electron chi connectivity index (χ0n) is 16.0. The van der Waals surface area contributed by atoms with Gasteiger partial charge in [0, 0.05) is 30.2 Å². The molecule has 5 aliphatic rings. The molecule has 0 aromatic heterocycles. The van der Waals surface area contributed by atoms with E-state index in [1.165, 1.54) is 70.2 Å². The molecule has 0 radical (unpaired) electrons. The van der Waals surface area contributed by atoms with Gasteiger partial charge in [-0.1, -0.05) is 13.0 Å². The van der Waals surface area contributed by atoms with Crippen molar-refractivity contribution in [3.8, 4) is 0 Å². The van der Waals surface area contributed by atoms with E-state index < -0.39 is 0 Å². The normalized spacial score (nSPS) is 50.5. The Hall–Kier alpha value is -0.540. The Morgan fingerprint density at radius 3 is 2.68 bits per heavy atom. The van der Waals surface area contributed by atoms with E-state index in [4.69, 9.17) is 10.5 Å². The van der Waals surface area contributed by atoms with Gasteiger partial charge in [-0.2, -0.15) is 0 Å². The van der Waals surface area contributed by atoms with Crippen LogP contribution in [-0.2, 0) is 4.74 Å². The fraction of sp³-hybridized carbons (Fsp3) is 0.909. The first kappa shape index (κ1) is 16.6. The van der Waals surface area contributed by atoms with Crippen LogP contribution in [0.5, 0.6) is 0 Å². The molecule has 3 nitrogen and oxygen atoms in total. The van der Waals surface area contributed by atoms with Crippen LogP contribution in [0.1, 0.15) is 58.3 Å². The molecule has 0 aromatic carbocycles. The third-order valence-electron chi connectivity index (χ3n) is 9.13. The van der Waals surface area contributed by atoms with Gasteiger partial charge in [-0.15, -0.1) is 0 Å². The van der Waals surface area contributed by atoms with E-state index in [0.717, 1.165) is 48.8 Å². The summed E-state index contributed by atoms with van der Waals surface area (Å²) in [6.07, 6.45) is 13.8.